The van der Waals surface area contributed by atoms with E-state index < -0.39 is 0 Å². The summed E-state index contributed by atoms with van der Waals surface area (Å²) in [6.45, 7) is -0.304. The molecular weight excluding hydrogens is 208 g/mol. The molecule has 1 rings (SSSR count). The van der Waals surface area contributed by atoms with Gasteiger partial charge in [-0.1, -0.05) is 30.3 Å². The van der Waals surface area contributed by atoms with Gasteiger partial charge in [0.25, 0.3) is 0 Å². The van der Waals surface area contributed by atoms with Crippen LogP contribution in [0.2, 0.25) is 0 Å². The number of hydrogen-bond donors (Lipinski definition) is 4. The van der Waals surface area contributed by atoms with Crippen LogP contribution in [0.4, 0.5) is 0 Å². The lowest BCUT2D eigenvalue weighted by Crippen LogP contribution is -1.93. The summed E-state index contributed by atoms with van der Waals surface area (Å²) in [5.41, 5.74) is 1.85. The van der Waals surface area contributed by atoms with Crippen LogP contribution >= 0.6 is 0 Å². The van der Waals surface area contributed by atoms with E-state index in [0.29, 0.717) is 17.4 Å². The van der Waals surface area contributed by atoms with Gasteiger partial charge in [-0.15, -0.1) is 0 Å². The summed E-state index contributed by atoms with van der Waals surface area (Å²) in [6.07, 6.45) is 2.13. The minimum absolute atomic E-state index is 0.139. The van der Waals surface area contributed by atoms with Crippen molar-refractivity contribution in [3.05, 3.63) is 47.7 Å². The largest absolute Gasteiger partial charge is 0.512 e. The van der Waals surface area contributed by atoms with Crippen molar-refractivity contribution in [1.82, 2.24) is 0 Å². The average molecular weight is 222 g/mol. The zero-order valence-electron chi connectivity index (χ0n) is 8.67. The van der Waals surface area contributed by atoms with Gasteiger partial charge < -0.3 is 20.4 Å². The van der Waals surface area contributed by atoms with E-state index in [1.54, 1.807) is 24.3 Å². The molecule has 0 saturated carbocycles. The van der Waals surface area contributed by atoms with Crippen molar-refractivity contribution in [2.45, 2.75) is 0 Å². The summed E-state index contributed by atoms with van der Waals surface area (Å²) in [6, 6.07) is 6.59. The third kappa shape index (κ3) is 2.85. The van der Waals surface area contributed by atoms with E-state index in [0.717, 1.165) is 5.56 Å². The number of hydrogen-bond acceptors (Lipinski definition) is 4. The Morgan fingerprint density at radius 2 is 1.62 bits per heavy atom. The molecule has 1 aromatic rings. The second-order valence-corrected chi connectivity index (χ2v) is 3.16. The topological polar surface area (TPSA) is 80.9 Å². The number of aliphatic hydroxyl groups excluding tert-OH is 4. The minimum atomic E-state index is -0.219. The monoisotopic (exact) mass is 222 g/mol. The fourth-order valence-corrected chi connectivity index (χ4v) is 1.31. The normalized spacial score (nSPS) is 12.9. The summed E-state index contributed by atoms with van der Waals surface area (Å²) in [4.78, 5) is 0. The van der Waals surface area contributed by atoms with Crippen LogP contribution in [0.15, 0.2) is 36.6 Å². The van der Waals surface area contributed by atoms with Crippen LogP contribution in [-0.2, 0) is 0 Å². The Hall–Kier alpha value is -1.78. The van der Waals surface area contributed by atoms with Gasteiger partial charge in [0.15, 0.2) is 5.76 Å². The first kappa shape index (κ1) is 12.3. The maximum Gasteiger partial charge on any atom is 0.157 e. The molecule has 0 radical (unpaired) electrons. The lowest BCUT2D eigenvalue weighted by Gasteiger charge is -2.05. The van der Waals surface area contributed by atoms with Gasteiger partial charge in [-0.05, 0) is 11.1 Å². The molecular formula is C12H14O4. The van der Waals surface area contributed by atoms with Gasteiger partial charge >= 0.3 is 0 Å². The SMILES string of the molecule is O/C=C(/O)c1ccc(/C(=C/CO)CO)cc1. The van der Waals surface area contributed by atoms with E-state index in [2.05, 4.69) is 0 Å². The minimum Gasteiger partial charge on any atom is -0.512 e. The van der Waals surface area contributed by atoms with Gasteiger partial charge in [-0.2, -0.15) is 0 Å². The predicted octanol–water partition coefficient (Wildman–Crippen LogP) is 1.47. The smallest absolute Gasteiger partial charge is 0.157 e. The molecule has 4 nitrogen and oxygen atoms in total. The van der Waals surface area contributed by atoms with Crippen LogP contribution in [0.25, 0.3) is 11.3 Å². The van der Waals surface area contributed by atoms with Gasteiger partial charge in [0, 0.05) is 5.56 Å². The van der Waals surface area contributed by atoms with E-state index >= 15 is 0 Å². The first-order chi connectivity index (χ1) is 7.72. The molecule has 0 aliphatic carbocycles. The molecule has 86 valence electrons. The average Bonchev–Trinajstić information content (AvgIpc) is 2.35. The maximum absolute atomic E-state index is 9.23. The molecule has 0 bridgehead atoms. The molecule has 4 N–H and O–H groups in total. The third-order valence-electron chi connectivity index (χ3n) is 2.18. The Morgan fingerprint density at radius 3 is 2.06 bits per heavy atom. The first-order valence-electron chi connectivity index (χ1n) is 4.77. The fraction of sp³-hybridized carbons (Fsp3) is 0.167. The van der Waals surface area contributed by atoms with Gasteiger partial charge in [-0.3, -0.25) is 0 Å². The van der Waals surface area contributed by atoms with Gasteiger partial charge in [0.05, 0.1) is 13.2 Å². The Balaban J connectivity index is 2.98. The molecule has 0 unspecified atom stereocenters. The van der Waals surface area contributed by atoms with Gasteiger partial charge in [0.2, 0.25) is 0 Å². The quantitative estimate of drug-likeness (QED) is 0.581. The van der Waals surface area contributed by atoms with E-state index in [-0.39, 0.29) is 19.0 Å². The number of rotatable bonds is 4. The van der Waals surface area contributed by atoms with Crippen LogP contribution in [0.3, 0.4) is 0 Å². The molecule has 0 heterocycles. The summed E-state index contributed by atoms with van der Waals surface area (Å²) in [7, 11) is 0. The zero-order valence-corrected chi connectivity index (χ0v) is 8.67. The highest BCUT2D eigenvalue weighted by atomic mass is 16.3. The summed E-state index contributed by atoms with van der Waals surface area (Å²) in [5, 5.41) is 35.6. The fourth-order valence-electron chi connectivity index (χ4n) is 1.31. The Labute approximate surface area is 93.4 Å². The van der Waals surface area contributed by atoms with Crippen molar-refractivity contribution >= 4 is 11.3 Å². The molecule has 0 aromatic heterocycles. The van der Waals surface area contributed by atoms with Crippen molar-refractivity contribution < 1.29 is 20.4 Å². The van der Waals surface area contributed by atoms with Gasteiger partial charge in [0.1, 0.15) is 6.26 Å². The molecule has 0 amide bonds. The molecule has 0 atom stereocenters. The third-order valence-corrected chi connectivity index (χ3v) is 2.18. The zero-order chi connectivity index (χ0) is 12.0. The molecule has 0 spiro atoms. The van der Waals surface area contributed by atoms with Crippen molar-refractivity contribution in [1.29, 1.82) is 0 Å². The van der Waals surface area contributed by atoms with Crippen molar-refractivity contribution in [2.75, 3.05) is 13.2 Å². The molecule has 0 aliphatic rings. The lowest BCUT2D eigenvalue weighted by molar-refractivity contribution is 0.334. The molecule has 1 aromatic carbocycles. The Bertz CT molecular complexity index is 390. The van der Waals surface area contributed by atoms with Crippen LogP contribution in [0.5, 0.6) is 0 Å². The number of benzene rings is 1. The van der Waals surface area contributed by atoms with Crippen molar-refractivity contribution in [3.63, 3.8) is 0 Å². The summed E-state index contributed by atoms with van der Waals surface area (Å²) in [5.74, 6) is -0.219. The number of aliphatic hydroxyl groups is 4. The molecule has 0 fully saturated rings. The lowest BCUT2D eigenvalue weighted by atomic mass is 10.0. The highest BCUT2D eigenvalue weighted by Gasteiger charge is 2.02. The Kier molecular flexibility index (Phi) is 4.57. The molecule has 4 heteroatoms. The van der Waals surface area contributed by atoms with Crippen LogP contribution in [0.1, 0.15) is 11.1 Å². The van der Waals surface area contributed by atoms with Crippen LogP contribution < -0.4 is 0 Å². The summed E-state index contributed by atoms with van der Waals surface area (Å²) >= 11 is 0. The van der Waals surface area contributed by atoms with E-state index in [1.165, 1.54) is 6.08 Å². The van der Waals surface area contributed by atoms with E-state index in [9.17, 15) is 5.11 Å². The standard InChI is InChI=1S/C12H14O4/c13-6-5-11(7-14)9-1-3-10(4-2-9)12(16)8-15/h1-5,8,13-16H,6-7H2/b11-5+,12-8+. The second kappa shape index (κ2) is 5.95. The Morgan fingerprint density at radius 1 is 1.06 bits per heavy atom. The highest BCUT2D eigenvalue weighted by Crippen LogP contribution is 2.17. The maximum atomic E-state index is 9.23. The molecule has 0 aliphatic heterocycles. The van der Waals surface area contributed by atoms with Crippen LogP contribution in [0, 0.1) is 0 Å². The van der Waals surface area contributed by atoms with Crippen LogP contribution in [-0.4, -0.2) is 33.6 Å². The first-order valence-corrected chi connectivity index (χ1v) is 4.77. The second-order valence-electron chi connectivity index (χ2n) is 3.16. The van der Waals surface area contributed by atoms with Gasteiger partial charge in [-0.25, -0.2) is 0 Å². The highest BCUT2D eigenvalue weighted by molar-refractivity contribution is 5.68. The predicted molar refractivity (Wildman–Crippen MR) is 61.8 cm³/mol. The van der Waals surface area contributed by atoms with E-state index in [4.69, 9.17) is 15.3 Å². The van der Waals surface area contributed by atoms with E-state index in [1.807, 2.05) is 0 Å². The van der Waals surface area contributed by atoms with Crippen molar-refractivity contribution in [2.24, 2.45) is 0 Å². The molecule has 16 heavy (non-hydrogen) atoms. The molecule has 0 saturated heterocycles. The van der Waals surface area contributed by atoms with Crippen molar-refractivity contribution in [3.8, 4) is 0 Å². The summed E-state index contributed by atoms with van der Waals surface area (Å²) < 4.78 is 0.